The highest BCUT2D eigenvalue weighted by Crippen LogP contribution is 2.28. The molecule has 3 heterocycles. The monoisotopic (exact) mass is 388 g/mol. The van der Waals surface area contributed by atoms with E-state index in [-0.39, 0.29) is 11.8 Å². The summed E-state index contributed by atoms with van der Waals surface area (Å²) in [5, 5.41) is 11.8. The third kappa shape index (κ3) is 3.62. The van der Waals surface area contributed by atoms with E-state index in [2.05, 4.69) is 20.1 Å². The van der Waals surface area contributed by atoms with Gasteiger partial charge in [0.15, 0.2) is 5.82 Å². The summed E-state index contributed by atoms with van der Waals surface area (Å²) in [6, 6.07) is 15.8. The number of hydrogen-bond acceptors (Lipinski definition) is 4. The van der Waals surface area contributed by atoms with Gasteiger partial charge in [-0.1, -0.05) is 24.6 Å². The molecule has 5 rings (SSSR count). The molecule has 1 atom stereocenters. The Balaban J connectivity index is 1.28. The summed E-state index contributed by atoms with van der Waals surface area (Å²) in [5.74, 6) is 2.68. The van der Waals surface area contributed by atoms with Gasteiger partial charge in [0, 0.05) is 24.2 Å². The topological polar surface area (TPSA) is 69.0 Å². The minimum atomic E-state index is -0.183. The van der Waals surface area contributed by atoms with E-state index < -0.39 is 0 Å². The van der Waals surface area contributed by atoms with Crippen LogP contribution < -0.4 is 10.1 Å². The van der Waals surface area contributed by atoms with E-state index in [1.54, 1.807) is 0 Å². The van der Waals surface area contributed by atoms with Crippen molar-refractivity contribution in [2.45, 2.75) is 38.6 Å². The number of rotatable bonds is 3. The van der Waals surface area contributed by atoms with Crippen molar-refractivity contribution in [2.75, 3.05) is 11.9 Å². The second-order valence-electron chi connectivity index (χ2n) is 7.79. The number of anilines is 1. The van der Waals surface area contributed by atoms with Gasteiger partial charge in [-0.15, -0.1) is 10.2 Å². The van der Waals surface area contributed by atoms with Gasteiger partial charge in [-0.2, -0.15) is 0 Å². The molecule has 0 spiro atoms. The van der Waals surface area contributed by atoms with Crippen LogP contribution in [0.1, 0.15) is 30.7 Å². The number of ether oxygens (including phenoxy) is 1. The lowest BCUT2D eigenvalue weighted by Crippen LogP contribution is -2.32. The van der Waals surface area contributed by atoms with Gasteiger partial charge in [0.1, 0.15) is 18.2 Å². The number of nitrogens with one attached hydrogen (secondary N) is 1. The highest BCUT2D eigenvalue weighted by atomic mass is 16.5. The van der Waals surface area contributed by atoms with Crippen molar-refractivity contribution >= 4 is 11.6 Å². The summed E-state index contributed by atoms with van der Waals surface area (Å²) in [6.45, 7) is 1.38. The van der Waals surface area contributed by atoms with E-state index >= 15 is 0 Å². The Labute approximate surface area is 169 Å². The summed E-state index contributed by atoms with van der Waals surface area (Å²) in [5.41, 5.74) is 2.90. The molecular formula is C23H24N4O2. The molecule has 3 aromatic rings. The van der Waals surface area contributed by atoms with Crippen LogP contribution in [0.15, 0.2) is 48.5 Å². The zero-order chi connectivity index (χ0) is 19.6. The summed E-state index contributed by atoms with van der Waals surface area (Å²) in [4.78, 5) is 12.7. The first-order valence-electron chi connectivity index (χ1n) is 10.3. The maximum atomic E-state index is 12.7. The molecule has 1 N–H and O–H groups in total. The fourth-order valence-corrected chi connectivity index (χ4v) is 4.14. The van der Waals surface area contributed by atoms with Gasteiger partial charge in [-0.3, -0.25) is 4.79 Å². The van der Waals surface area contributed by atoms with Gasteiger partial charge >= 0.3 is 0 Å². The van der Waals surface area contributed by atoms with E-state index in [4.69, 9.17) is 4.74 Å². The second-order valence-corrected chi connectivity index (χ2v) is 7.79. The van der Waals surface area contributed by atoms with Gasteiger partial charge in [-0.05, 0) is 55.2 Å². The zero-order valence-electron chi connectivity index (χ0n) is 16.3. The standard InChI is InChI=1S/C23H24N4O2/c28-23(18-14-17-6-3-4-7-20(17)29-15-18)24-19-11-9-16(10-12-19)22-26-25-21-8-2-1-5-13-27(21)22/h3-4,6-7,9-12,18H,1-2,5,8,13-15H2,(H,24,28)/t18-/m0/s1. The molecule has 1 aromatic heterocycles. The van der Waals surface area contributed by atoms with Crippen molar-refractivity contribution in [2.24, 2.45) is 5.92 Å². The lowest BCUT2D eigenvalue weighted by Gasteiger charge is -2.24. The van der Waals surface area contributed by atoms with Gasteiger partial charge in [0.2, 0.25) is 5.91 Å². The highest BCUT2D eigenvalue weighted by Gasteiger charge is 2.26. The lowest BCUT2D eigenvalue weighted by atomic mass is 9.96. The SMILES string of the molecule is O=C(Nc1ccc(-c2nnc3n2CCCCC3)cc1)[C@@H]1COc2ccccc2C1. The minimum absolute atomic E-state index is 0.0106. The average molecular weight is 388 g/mol. The largest absolute Gasteiger partial charge is 0.492 e. The van der Waals surface area contributed by atoms with E-state index in [9.17, 15) is 4.79 Å². The van der Waals surface area contributed by atoms with Crippen molar-refractivity contribution in [3.8, 4) is 17.1 Å². The van der Waals surface area contributed by atoms with Gasteiger partial charge in [0.05, 0.1) is 5.92 Å². The predicted octanol–water partition coefficient (Wildman–Crippen LogP) is 3.86. The predicted molar refractivity (Wildman–Crippen MR) is 111 cm³/mol. The minimum Gasteiger partial charge on any atom is -0.492 e. The van der Waals surface area contributed by atoms with E-state index in [0.29, 0.717) is 13.0 Å². The van der Waals surface area contributed by atoms with Crippen LogP contribution in [-0.4, -0.2) is 27.3 Å². The molecule has 29 heavy (non-hydrogen) atoms. The third-order valence-electron chi connectivity index (χ3n) is 5.77. The fraction of sp³-hybridized carbons (Fsp3) is 0.348. The first-order valence-corrected chi connectivity index (χ1v) is 10.3. The Morgan fingerprint density at radius 1 is 1.03 bits per heavy atom. The molecule has 0 saturated heterocycles. The van der Waals surface area contributed by atoms with Crippen LogP contribution in [0.3, 0.4) is 0 Å². The molecule has 0 bridgehead atoms. The molecule has 0 saturated carbocycles. The fourth-order valence-electron chi connectivity index (χ4n) is 4.14. The number of hydrogen-bond donors (Lipinski definition) is 1. The van der Waals surface area contributed by atoms with Crippen LogP contribution in [0.2, 0.25) is 0 Å². The van der Waals surface area contributed by atoms with Crippen LogP contribution in [0.5, 0.6) is 5.75 Å². The van der Waals surface area contributed by atoms with Crippen molar-refractivity contribution in [3.63, 3.8) is 0 Å². The van der Waals surface area contributed by atoms with Crippen LogP contribution in [-0.2, 0) is 24.2 Å². The summed E-state index contributed by atoms with van der Waals surface area (Å²) in [6.07, 6.45) is 5.28. The Hall–Kier alpha value is -3.15. The summed E-state index contributed by atoms with van der Waals surface area (Å²) >= 11 is 0. The van der Waals surface area contributed by atoms with Crippen molar-refractivity contribution in [3.05, 3.63) is 59.9 Å². The molecule has 148 valence electrons. The molecule has 0 aliphatic carbocycles. The third-order valence-corrected chi connectivity index (χ3v) is 5.77. The zero-order valence-corrected chi connectivity index (χ0v) is 16.3. The van der Waals surface area contributed by atoms with Crippen molar-refractivity contribution in [1.82, 2.24) is 14.8 Å². The second kappa shape index (κ2) is 7.70. The quantitative estimate of drug-likeness (QED) is 0.740. The number of carbonyl (C=O) groups excluding carboxylic acids is 1. The Morgan fingerprint density at radius 2 is 1.90 bits per heavy atom. The lowest BCUT2D eigenvalue weighted by molar-refractivity contribution is -0.121. The van der Waals surface area contributed by atoms with Gasteiger partial charge < -0.3 is 14.6 Å². The highest BCUT2D eigenvalue weighted by molar-refractivity contribution is 5.93. The molecule has 1 amide bonds. The Kier molecular flexibility index (Phi) is 4.76. The number of amides is 1. The Bertz CT molecular complexity index is 1030. The molecule has 2 aromatic carbocycles. The number of aryl methyl sites for hydroxylation is 1. The first kappa shape index (κ1) is 17.9. The maximum absolute atomic E-state index is 12.7. The molecule has 0 unspecified atom stereocenters. The molecule has 2 aliphatic heterocycles. The van der Waals surface area contributed by atoms with Gasteiger partial charge in [0.25, 0.3) is 0 Å². The molecule has 0 radical (unpaired) electrons. The summed E-state index contributed by atoms with van der Waals surface area (Å²) < 4.78 is 7.98. The number of benzene rings is 2. The van der Waals surface area contributed by atoms with Crippen LogP contribution in [0, 0.1) is 5.92 Å². The molecule has 0 fully saturated rings. The summed E-state index contributed by atoms with van der Waals surface area (Å²) in [7, 11) is 0. The number of fused-ring (bicyclic) bond motifs is 2. The number of carbonyl (C=O) groups is 1. The maximum Gasteiger partial charge on any atom is 0.231 e. The van der Waals surface area contributed by atoms with E-state index in [1.807, 2.05) is 48.5 Å². The first-order chi connectivity index (χ1) is 14.3. The normalized spacial score (nSPS) is 18.1. The number of aromatic nitrogens is 3. The van der Waals surface area contributed by atoms with Crippen molar-refractivity contribution in [1.29, 1.82) is 0 Å². The van der Waals surface area contributed by atoms with E-state index in [1.165, 1.54) is 19.3 Å². The number of nitrogens with zero attached hydrogens (tertiary/aromatic N) is 3. The van der Waals surface area contributed by atoms with Crippen LogP contribution in [0.25, 0.3) is 11.4 Å². The molecular weight excluding hydrogens is 364 g/mol. The van der Waals surface area contributed by atoms with Crippen LogP contribution in [0.4, 0.5) is 5.69 Å². The van der Waals surface area contributed by atoms with Crippen molar-refractivity contribution < 1.29 is 9.53 Å². The molecule has 2 aliphatic rings. The van der Waals surface area contributed by atoms with Crippen LogP contribution >= 0.6 is 0 Å². The van der Waals surface area contributed by atoms with Gasteiger partial charge in [-0.25, -0.2) is 0 Å². The molecule has 6 heteroatoms. The smallest absolute Gasteiger partial charge is 0.231 e. The molecule has 6 nitrogen and oxygen atoms in total. The van der Waals surface area contributed by atoms with E-state index in [0.717, 1.165) is 47.2 Å². The average Bonchev–Trinajstić information content (AvgIpc) is 3.02. The number of para-hydroxylation sites is 1. The Morgan fingerprint density at radius 3 is 2.79 bits per heavy atom.